The molecule has 1 aromatic rings. The highest BCUT2D eigenvalue weighted by Gasteiger charge is 1.99. The molecule has 0 saturated heterocycles. The van der Waals surface area contributed by atoms with E-state index in [9.17, 15) is 0 Å². The van der Waals surface area contributed by atoms with Gasteiger partial charge in [0.25, 0.3) is 0 Å². The third kappa shape index (κ3) is 1.74. The Morgan fingerprint density at radius 1 is 1.55 bits per heavy atom. The van der Waals surface area contributed by atoms with E-state index in [1.807, 2.05) is 26.0 Å². The fourth-order valence-electron chi connectivity index (χ4n) is 1.03. The van der Waals surface area contributed by atoms with E-state index in [-0.39, 0.29) is 6.61 Å². The number of methoxy groups -OCH3 is 1. The molecule has 0 heterocycles. The number of rotatable bonds is 2. The number of hydrogen-bond donors (Lipinski definition) is 1. The summed E-state index contributed by atoms with van der Waals surface area (Å²) in [6, 6.07) is 5.73. The number of benzene rings is 1. The molecule has 11 heavy (non-hydrogen) atoms. The van der Waals surface area contributed by atoms with Gasteiger partial charge in [-0.1, -0.05) is 17.6 Å². The molecule has 0 aliphatic carbocycles. The van der Waals surface area contributed by atoms with Crippen LogP contribution >= 0.6 is 0 Å². The van der Waals surface area contributed by atoms with Gasteiger partial charge in [0.05, 0.1) is 13.7 Å². The Bertz CT molecular complexity index is 248. The van der Waals surface area contributed by atoms with E-state index in [1.165, 1.54) is 0 Å². The second kappa shape index (κ2) is 3.44. The van der Waals surface area contributed by atoms with Gasteiger partial charge in [0, 0.05) is 5.56 Å². The summed E-state index contributed by atoms with van der Waals surface area (Å²) < 4.78 is 5.03. The molecule has 0 saturated carbocycles. The second-order valence-corrected chi connectivity index (χ2v) is 2.47. The molecule has 0 spiro atoms. The monoisotopic (exact) mass is 150 g/mol. The van der Waals surface area contributed by atoms with Gasteiger partial charge >= 0.3 is 0 Å². The van der Waals surface area contributed by atoms with Crippen LogP contribution in [0.25, 0.3) is 0 Å². The molecule has 58 valence electrons. The van der Waals surface area contributed by atoms with Crippen LogP contribution in [0.5, 0.6) is 5.75 Å². The van der Waals surface area contributed by atoms with Crippen LogP contribution in [0, 0.1) is 0 Å². The van der Waals surface area contributed by atoms with E-state index in [0.29, 0.717) is 0 Å². The maximum Gasteiger partial charge on any atom is 0.139 e. The molecule has 0 unspecified atom stereocenters. The first-order valence-electron chi connectivity index (χ1n) is 3.52. The molecule has 1 aromatic carbocycles. The third-order valence-electron chi connectivity index (χ3n) is 1.61. The number of hydrogen-bond acceptors (Lipinski definition) is 2. The van der Waals surface area contributed by atoms with Crippen molar-refractivity contribution in [3.05, 3.63) is 23.8 Å². The summed E-state index contributed by atoms with van der Waals surface area (Å²) in [5, 5.41) is 8.89. The van der Waals surface area contributed by atoms with E-state index >= 15 is 0 Å². The van der Waals surface area contributed by atoms with Crippen molar-refractivity contribution >= 4 is 13.3 Å². The van der Waals surface area contributed by atoms with E-state index in [1.54, 1.807) is 7.11 Å². The summed E-state index contributed by atoms with van der Waals surface area (Å²) in [4.78, 5) is 0. The topological polar surface area (TPSA) is 29.5 Å². The lowest BCUT2D eigenvalue weighted by atomic mass is 9.94. The summed E-state index contributed by atoms with van der Waals surface area (Å²) in [5.74, 6) is 0.748. The quantitative estimate of drug-likeness (QED) is 0.573. The zero-order valence-electron chi connectivity index (χ0n) is 6.79. The molecule has 0 atom stereocenters. The zero-order valence-corrected chi connectivity index (χ0v) is 6.79. The van der Waals surface area contributed by atoms with E-state index in [0.717, 1.165) is 16.8 Å². The normalized spacial score (nSPS) is 9.64. The van der Waals surface area contributed by atoms with Crippen LogP contribution in [-0.2, 0) is 6.61 Å². The molecule has 0 amide bonds. The highest BCUT2D eigenvalue weighted by atomic mass is 16.5. The average Bonchev–Trinajstić information content (AvgIpc) is 2.04. The summed E-state index contributed by atoms with van der Waals surface area (Å²) in [7, 11) is 3.59. The molecule has 0 aliphatic heterocycles. The average molecular weight is 150 g/mol. The van der Waals surface area contributed by atoms with Crippen LogP contribution in [0.3, 0.4) is 0 Å². The Hall–Kier alpha value is -0.955. The van der Waals surface area contributed by atoms with Gasteiger partial charge in [0.15, 0.2) is 0 Å². The van der Waals surface area contributed by atoms with Gasteiger partial charge in [-0.05, 0) is 6.07 Å². The molecule has 0 fully saturated rings. The molecular formula is C8H11BO2. The Labute approximate surface area is 67.2 Å². The van der Waals surface area contributed by atoms with Crippen LogP contribution in [0.1, 0.15) is 5.56 Å². The molecule has 2 nitrogen and oxygen atoms in total. The Balaban J connectivity index is 3.06. The minimum absolute atomic E-state index is 0.0326. The summed E-state index contributed by atoms with van der Waals surface area (Å²) >= 11 is 0. The minimum Gasteiger partial charge on any atom is -0.496 e. The lowest BCUT2D eigenvalue weighted by molar-refractivity contribution is 0.274. The van der Waals surface area contributed by atoms with Gasteiger partial charge in [0.2, 0.25) is 0 Å². The van der Waals surface area contributed by atoms with Crippen LogP contribution in [0.2, 0.25) is 0 Å². The van der Waals surface area contributed by atoms with E-state index < -0.39 is 0 Å². The fourth-order valence-corrected chi connectivity index (χ4v) is 1.03. The first-order chi connectivity index (χ1) is 5.27. The standard InChI is InChI=1S/C8H11BO2/c1-11-8-3-2-7(9)4-6(8)5-10/h2-4,10H,5,9H2,1H3. The van der Waals surface area contributed by atoms with E-state index in [2.05, 4.69) is 0 Å². The van der Waals surface area contributed by atoms with Gasteiger partial charge < -0.3 is 9.84 Å². The van der Waals surface area contributed by atoms with Crippen molar-refractivity contribution < 1.29 is 9.84 Å². The summed E-state index contributed by atoms with van der Waals surface area (Å²) in [6.45, 7) is 0.0326. The van der Waals surface area contributed by atoms with Crippen molar-refractivity contribution in [2.75, 3.05) is 7.11 Å². The lowest BCUT2D eigenvalue weighted by Gasteiger charge is -2.05. The number of ether oxygens (including phenoxy) is 1. The minimum atomic E-state index is 0.0326. The molecule has 3 heteroatoms. The smallest absolute Gasteiger partial charge is 0.139 e. The van der Waals surface area contributed by atoms with Gasteiger partial charge in [0.1, 0.15) is 13.6 Å². The predicted octanol–water partition coefficient (Wildman–Crippen LogP) is -0.554. The number of aliphatic hydroxyl groups is 1. The van der Waals surface area contributed by atoms with Crippen molar-refractivity contribution in [1.29, 1.82) is 0 Å². The lowest BCUT2D eigenvalue weighted by Crippen LogP contribution is -2.04. The fraction of sp³-hybridized carbons (Fsp3) is 0.250. The van der Waals surface area contributed by atoms with Crippen LogP contribution in [0.15, 0.2) is 18.2 Å². The molecule has 0 bridgehead atoms. The summed E-state index contributed by atoms with van der Waals surface area (Å²) in [5.41, 5.74) is 1.97. The molecule has 1 N–H and O–H groups in total. The molecule has 0 aromatic heterocycles. The van der Waals surface area contributed by atoms with Crippen molar-refractivity contribution in [2.45, 2.75) is 6.61 Å². The third-order valence-corrected chi connectivity index (χ3v) is 1.61. The predicted molar refractivity (Wildman–Crippen MR) is 47.1 cm³/mol. The maximum absolute atomic E-state index is 8.89. The Kier molecular flexibility index (Phi) is 2.55. The highest BCUT2D eigenvalue weighted by molar-refractivity contribution is 6.32. The van der Waals surface area contributed by atoms with Crippen molar-refractivity contribution in [2.24, 2.45) is 0 Å². The zero-order chi connectivity index (χ0) is 8.27. The maximum atomic E-state index is 8.89. The second-order valence-electron chi connectivity index (χ2n) is 2.47. The molecule has 0 radical (unpaired) electrons. The van der Waals surface area contributed by atoms with Gasteiger partial charge in [-0.15, -0.1) is 0 Å². The first-order valence-corrected chi connectivity index (χ1v) is 3.52. The molecule has 1 rings (SSSR count). The van der Waals surface area contributed by atoms with Gasteiger partial charge in [-0.3, -0.25) is 0 Å². The van der Waals surface area contributed by atoms with Crippen LogP contribution < -0.4 is 10.2 Å². The largest absolute Gasteiger partial charge is 0.496 e. The number of aliphatic hydroxyl groups excluding tert-OH is 1. The van der Waals surface area contributed by atoms with Crippen molar-refractivity contribution in [1.82, 2.24) is 0 Å². The van der Waals surface area contributed by atoms with Crippen LogP contribution in [-0.4, -0.2) is 20.1 Å². The SMILES string of the molecule is Bc1ccc(OC)c(CO)c1. The molecule has 0 aliphatic rings. The van der Waals surface area contributed by atoms with Gasteiger partial charge in [-0.2, -0.15) is 0 Å². The Morgan fingerprint density at radius 3 is 2.82 bits per heavy atom. The van der Waals surface area contributed by atoms with Crippen LogP contribution in [0.4, 0.5) is 0 Å². The van der Waals surface area contributed by atoms with Crippen molar-refractivity contribution in [3.8, 4) is 5.75 Å². The van der Waals surface area contributed by atoms with Gasteiger partial charge in [-0.25, -0.2) is 0 Å². The summed E-state index contributed by atoms with van der Waals surface area (Å²) in [6.07, 6.45) is 0. The molecular weight excluding hydrogens is 139 g/mol. The first kappa shape index (κ1) is 8.14. The van der Waals surface area contributed by atoms with Crippen molar-refractivity contribution in [3.63, 3.8) is 0 Å². The van der Waals surface area contributed by atoms with E-state index in [4.69, 9.17) is 9.84 Å². The highest BCUT2D eigenvalue weighted by Crippen LogP contribution is 2.15. The Morgan fingerprint density at radius 2 is 2.27 bits per heavy atom.